The number of nitrogens with one attached hydrogen (secondary N) is 1. The molecule has 33 heavy (non-hydrogen) atoms. The van der Waals surface area contributed by atoms with Crippen LogP contribution in [0.3, 0.4) is 0 Å². The van der Waals surface area contributed by atoms with Crippen LogP contribution < -0.4 is 9.62 Å². The first-order valence-electron chi connectivity index (χ1n) is 10.8. The molecule has 172 valence electrons. The number of carbonyl (C=O) groups is 1. The highest BCUT2D eigenvalue weighted by Crippen LogP contribution is 2.33. The summed E-state index contributed by atoms with van der Waals surface area (Å²) in [5, 5.41) is 9.40. The molecule has 1 aliphatic heterocycles. The van der Waals surface area contributed by atoms with Gasteiger partial charge in [-0.15, -0.1) is 0 Å². The highest BCUT2D eigenvalue weighted by Gasteiger charge is 2.24. The van der Waals surface area contributed by atoms with Gasteiger partial charge in [-0.2, -0.15) is 0 Å². The van der Waals surface area contributed by atoms with E-state index in [-0.39, 0.29) is 16.1 Å². The minimum Gasteiger partial charge on any atom is -0.478 e. The molecule has 0 aliphatic carbocycles. The average Bonchev–Trinajstić information content (AvgIpc) is 2.80. The maximum atomic E-state index is 13.6. The summed E-state index contributed by atoms with van der Waals surface area (Å²) in [5.74, 6) is -1.30. The predicted molar refractivity (Wildman–Crippen MR) is 126 cm³/mol. The van der Waals surface area contributed by atoms with Gasteiger partial charge in [0.2, 0.25) is 0 Å². The van der Waals surface area contributed by atoms with Crippen LogP contribution in [0.25, 0.3) is 0 Å². The van der Waals surface area contributed by atoms with Crippen molar-refractivity contribution in [2.24, 2.45) is 5.92 Å². The molecule has 0 spiro atoms. The molecule has 0 amide bonds. The fourth-order valence-corrected chi connectivity index (χ4v) is 5.29. The Morgan fingerprint density at radius 2 is 1.73 bits per heavy atom. The van der Waals surface area contributed by atoms with E-state index >= 15 is 0 Å². The molecule has 4 rings (SSSR count). The van der Waals surface area contributed by atoms with Gasteiger partial charge in [-0.1, -0.05) is 36.4 Å². The SMILES string of the molecule is O=C(O)c1ccc(N2CCC(Cc3ccccc3)CC2)c(NS(=O)(=O)c2cccc(F)c2)c1. The quantitative estimate of drug-likeness (QED) is 0.521. The minimum atomic E-state index is -4.10. The average molecular weight is 469 g/mol. The number of carboxylic acids is 1. The summed E-state index contributed by atoms with van der Waals surface area (Å²) in [6.07, 6.45) is 2.86. The number of benzene rings is 3. The molecular weight excluding hydrogens is 443 g/mol. The lowest BCUT2D eigenvalue weighted by Crippen LogP contribution is -2.35. The number of anilines is 2. The van der Waals surface area contributed by atoms with Crippen molar-refractivity contribution in [1.82, 2.24) is 0 Å². The number of aromatic carboxylic acids is 1. The van der Waals surface area contributed by atoms with Crippen molar-refractivity contribution >= 4 is 27.4 Å². The smallest absolute Gasteiger partial charge is 0.335 e. The third kappa shape index (κ3) is 5.51. The van der Waals surface area contributed by atoms with Gasteiger partial charge < -0.3 is 10.0 Å². The van der Waals surface area contributed by atoms with Crippen LogP contribution >= 0.6 is 0 Å². The van der Waals surface area contributed by atoms with Gasteiger partial charge in [-0.05, 0) is 67.1 Å². The van der Waals surface area contributed by atoms with Crippen LogP contribution in [0.4, 0.5) is 15.8 Å². The van der Waals surface area contributed by atoms with Crippen molar-refractivity contribution < 1.29 is 22.7 Å². The fourth-order valence-electron chi connectivity index (χ4n) is 4.19. The summed E-state index contributed by atoms with van der Waals surface area (Å²) in [4.78, 5) is 13.3. The summed E-state index contributed by atoms with van der Waals surface area (Å²) in [5.41, 5.74) is 2.04. The number of sulfonamides is 1. The van der Waals surface area contributed by atoms with Gasteiger partial charge in [0.05, 0.1) is 21.8 Å². The molecule has 1 fully saturated rings. The molecule has 0 bridgehead atoms. The van der Waals surface area contributed by atoms with Gasteiger partial charge in [0, 0.05) is 13.1 Å². The molecule has 8 heteroatoms. The van der Waals surface area contributed by atoms with E-state index < -0.39 is 21.8 Å². The van der Waals surface area contributed by atoms with Crippen LogP contribution in [0.1, 0.15) is 28.8 Å². The van der Waals surface area contributed by atoms with Crippen molar-refractivity contribution in [2.75, 3.05) is 22.7 Å². The van der Waals surface area contributed by atoms with Crippen molar-refractivity contribution in [3.8, 4) is 0 Å². The number of hydrogen-bond acceptors (Lipinski definition) is 4. The van der Waals surface area contributed by atoms with Crippen molar-refractivity contribution in [3.05, 3.63) is 89.7 Å². The summed E-state index contributed by atoms with van der Waals surface area (Å²) in [6, 6.07) is 19.4. The van der Waals surface area contributed by atoms with Crippen molar-refractivity contribution in [3.63, 3.8) is 0 Å². The lowest BCUT2D eigenvalue weighted by atomic mass is 9.90. The van der Waals surface area contributed by atoms with Gasteiger partial charge in [0.25, 0.3) is 10.0 Å². The first-order valence-corrected chi connectivity index (χ1v) is 12.2. The summed E-state index contributed by atoms with van der Waals surface area (Å²) < 4.78 is 41.8. The van der Waals surface area contributed by atoms with Gasteiger partial charge in [-0.3, -0.25) is 4.72 Å². The maximum Gasteiger partial charge on any atom is 0.335 e. The summed E-state index contributed by atoms with van der Waals surface area (Å²) in [7, 11) is -4.10. The number of nitrogens with zero attached hydrogens (tertiary/aromatic N) is 1. The topological polar surface area (TPSA) is 86.7 Å². The number of carboxylic acid groups (broad SMARTS) is 1. The third-order valence-corrected chi connectivity index (χ3v) is 7.28. The van der Waals surface area contributed by atoms with Crippen molar-refractivity contribution in [2.45, 2.75) is 24.2 Å². The third-order valence-electron chi connectivity index (χ3n) is 5.92. The molecule has 1 aliphatic rings. The van der Waals surface area contributed by atoms with E-state index in [1.165, 1.54) is 29.8 Å². The van der Waals surface area contributed by atoms with Gasteiger partial charge in [-0.25, -0.2) is 17.6 Å². The van der Waals surface area contributed by atoms with Crippen LogP contribution in [0, 0.1) is 11.7 Å². The number of halogens is 1. The second kappa shape index (κ2) is 9.62. The Labute approximate surface area is 192 Å². The zero-order valence-electron chi connectivity index (χ0n) is 17.9. The van der Waals surface area contributed by atoms with Crippen molar-refractivity contribution in [1.29, 1.82) is 0 Å². The van der Waals surface area contributed by atoms with E-state index in [0.29, 0.717) is 11.6 Å². The largest absolute Gasteiger partial charge is 0.478 e. The molecule has 1 saturated heterocycles. The Bertz CT molecular complexity index is 1240. The highest BCUT2D eigenvalue weighted by atomic mass is 32.2. The molecular formula is C25H25FN2O4S. The van der Waals surface area contributed by atoms with Crippen LogP contribution in [0.5, 0.6) is 0 Å². The molecule has 1 heterocycles. The number of rotatable bonds is 7. The van der Waals surface area contributed by atoms with Gasteiger partial charge >= 0.3 is 5.97 Å². The number of piperidine rings is 1. The van der Waals surface area contributed by atoms with Gasteiger partial charge in [0.15, 0.2) is 0 Å². The molecule has 6 nitrogen and oxygen atoms in total. The standard InChI is InChI=1S/C25H25FN2O4S/c26-21-7-4-8-22(17-21)33(31,32)27-23-16-20(25(29)30)9-10-24(23)28-13-11-19(12-14-28)15-18-5-2-1-3-6-18/h1-10,16-17,19,27H,11-15H2,(H,29,30). The highest BCUT2D eigenvalue weighted by molar-refractivity contribution is 7.92. The first kappa shape index (κ1) is 22.8. The Morgan fingerprint density at radius 3 is 2.39 bits per heavy atom. The van der Waals surface area contributed by atoms with Crippen LogP contribution in [0.15, 0.2) is 77.7 Å². The Kier molecular flexibility index (Phi) is 6.65. The van der Waals surface area contributed by atoms with Crippen LogP contribution in [0.2, 0.25) is 0 Å². The molecule has 3 aromatic rings. The monoisotopic (exact) mass is 468 g/mol. The molecule has 0 unspecified atom stereocenters. The van der Waals surface area contributed by atoms with E-state index in [1.54, 1.807) is 6.07 Å². The molecule has 0 radical (unpaired) electrons. The molecule has 3 aromatic carbocycles. The van der Waals surface area contributed by atoms with Crippen LogP contribution in [-0.2, 0) is 16.4 Å². The maximum absolute atomic E-state index is 13.6. The molecule has 0 saturated carbocycles. The van der Waals surface area contributed by atoms with Crippen LogP contribution in [-0.4, -0.2) is 32.6 Å². The minimum absolute atomic E-state index is 0.0327. The lowest BCUT2D eigenvalue weighted by molar-refractivity contribution is 0.0697. The second-order valence-electron chi connectivity index (χ2n) is 8.22. The zero-order valence-corrected chi connectivity index (χ0v) is 18.8. The Balaban J connectivity index is 1.55. The summed E-state index contributed by atoms with van der Waals surface area (Å²) in [6.45, 7) is 1.44. The Hall–Kier alpha value is -3.39. The number of hydrogen-bond donors (Lipinski definition) is 2. The normalized spacial score (nSPS) is 14.8. The molecule has 2 N–H and O–H groups in total. The predicted octanol–water partition coefficient (Wildman–Crippen LogP) is 4.78. The van der Waals surface area contributed by atoms with E-state index in [4.69, 9.17) is 0 Å². The second-order valence-corrected chi connectivity index (χ2v) is 9.90. The van der Waals surface area contributed by atoms with E-state index in [2.05, 4.69) is 21.8 Å². The molecule has 0 atom stereocenters. The van der Waals surface area contributed by atoms with Gasteiger partial charge in [0.1, 0.15) is 5.82 Å². The van der Waals surface area contributed by atoms with E-state index in [9.17, 15) is 22.7 Å². The lowest BCUT2D eigenvalue weighted by Gasteiger charge is -2.35. The van der Waals surface area contributed by atoms with E-state index in [1.807, 2.05) is 18.2 Å². The fraction of sp³-hybridized carbons (Fsp3) is 0.240. The molecule has 0 aromatic heterocycles. The first-order chi connectivity index (χ1) is 15.8. The summed E-state index contributed by atoms with van der Waals surface area (Å²) >= 11 is 0. The van der Waals surface area contributed by atoms with E-state index in [0.717, 1.165) is 44.5 Å². The Morgan fingerprint density at radius 1 is 1.00 bits per heavy atom. The zero-order chi connectivity index (χ0) is 23.4.